The second kappa shape index (κ2) is 6.97. The molecule has 0 aliphatic heterocycles. The van der Waals surface area contributed by atoms with Crippen molar-refractivity contribution >= 4 is 21.9 Å². The zero-order valence-electron chi connectivity index (χ0n) is 16.2. The summed E-state index contributed by atoms with van der Waals surface area (Å²) >= 11 is 0. The molecule has 6 heteroatoms. The Morgan fingerprint density at radius 1 is 1.03 bits per heavy atom. The average molecular weight is 387 g/mol. The smallest absolute Gasteiger partial charge is 0.336 e. The van der Waals surface area contributed by atoms with Crippen LogP contribution in [0.15, 0.2) is 56.5 Å². The number of aromatic nitrogens is 2. The predicted octanol–water partition coefficient (Wildman–Crippen LogP) is 3.15. The Morgan fingerprint density at radius 2 is 1.83 bits per heavy atom. The van der Waals surface area contributed by atoms with Crippen molar-refractivity contribution in [3.05, 3.63) is 85.8 Å². The Bertz CT molecular complexity index is 1350. The van der Waals surface area contributed by atoms with Gasteiger partial charge in [0.2, 0.25) is 0 Å². The molecule has 146 valence electrons. The molecule has 0 atom stereocenters. The number of para-hydroxylation sites is 1. The van der Waals surface area contributed by atoms with Crippen molar-refractivity contribution in [1.82, 2.24) is 14.9 Å². The number of aryl methyl sites for hydroxylation is 2. The van der Waals surface area contributed by atoms with Gasteiger partial charge in [-0.25, -0.2) is 9.78 Å². The van der Waals surface area contributed by atoms with Crippen LogP contribution < -0.4 is 11.2 Å². The lowest BCUT2D eigenvalue weighted by molar-refractivity contribution is 0.311. The van der Waals surface area contributed by atoms with E-state index in [0.29, 0.717) is 35.4 Å². The number of rotatable bonds is 4. The van der Waals surface area contributed by atoms with E-state index in [9.17, 15) is 9.59 Å². The van der Waals surface area contributed by atoms with Crippen molar-refractivity contribution in [2.24, 2.45) is 0 Å². The SMILES string of the molecule is CN(Cc1nc2ccccc2c(=O)[nH]1)Cc1cc(=O)oc2cc3c(cc12)CCC3. The highest BCUT2D eigenvalue weighted by Gasteiger charge is 2.16. The van der Waals surface area contributed by atoms with Gasteiger partial charge in [0.1, 0.15) is 11.4 Å². The van der Waals surface area contributed by atoms with Gasteiger partial charge in [-0.15, -0.1) is 0 Å². The maximum absolute atomic E-state index is 12.3. The summed E-state index contributed by atoms with van der Waals surface area (Å²) in [6.45, 7) is 1.02. The average Bonchev–Trinajstić information content (AvgIpc) is 3.14. The van der Waals surface area contributed by atoms with Crippen LogP contribution in [0.25, 0.3) is 21.9 Å². The predicted molar refractivity (Wildman–Crippen MR) is 112 cm³/mol. The highest BCUT2D eigenvalue weighted by molar-refractivity contribution is 5.82. The highest BCUT2D eigenvalue weighted by Crippen LogP contribution is 2.29. The number of benzene rings is 2. The summed E-state index contributed by atoms with van der Waals surface area (Å²) in [4.78, 5) is 33.9. The van der Waals surface area contributed by atoms with Gasteiger partial charge in [0.15, 0.2) is 0 Å². The van der Waals surface area contributed by atoms with E-state index in [1.165, 1.54) is 11.1 Å². The lowest BCUT2D eigenvalue weighted by Crippen LogP contribution is -2.22. The van der Waals surface area contributed by atoms with Crippen molar-refractivity contribution < 1.29 is 4.42 Å². The maximum atomic E-state index is 12.3. The summed E-state index contributed by atoms with van der Waals surface area (Å²) in [5, 5.41) is 1.57. The fraction of sp³-hybridized carbons (Fsp3) is 0.261. The van der Waals surface area contributed by atoms with Gasteiger partial charge in [-0.05, 0) is 67.3 Å². The van der Waals surface area contributed by atoms with Crippen molar-refractivity contribution in [2.45, 2.75) is 32.4 Å². The number of hydrogen-bond acceptors (Lipinski definition) is 5. The molecular weight excluding hydrogens is 366 g/mol. The molecule has 0 radical (unpaired) electrons. The van der Waals surface area contributed by atoms with E-state index >= 15 is 0 Å². The van der Waals surface area contributed by atoms with E-state index in [1.54, 1.807) is 12.1 Å². The first-order chi connectivity index (χ1) is 14.1. The van der Waals surface area contributed by atoms with Crippen LogP contribution >= 0.6 is 0 Å². The molecule has 1 N–H and O–H groups in total. The Balaban J connectivity index is 1.46. The number of nitrogens with one attached hydrogen (secondary N) is 1. The van der Waals surface area contributed by atoms with Crippen LogP contribution in [0.3, 0.4) is 0 Å². The third-order valence-corrected chi connectivity index (χ3v) is 5.56. The standard InChI is InChI=1S/C23H21N3O3/c1-26(13-21-24-19-8-3-2-7-17(19)23(28)25-21)12-16-11-22(27)29-20-10-15-6-4-5-14(15)9-18(16)20/h2-3,7-11H,4-6,12-13H2,1H3,(H,24,25,28). The molecule has 2 heterocycles. The quantitative estimate of drug-likeness (QED) is 0.544. The molecule has 1 aliphatic carbocycles. The third-order valence-electron chi connectivity index (χ3n) is 5.56. The van der Waals surface area contributed by atoms with Crippen LogP contribution in [0.4, 0.5) is 0 Å². The lowest BCUT2D eigenvalue weighted by Gasteiger charge is -2.17. The zero-order chi connectivity index (χ0) is 20.0. The Hall–Kier alpha value is -3.25. The summed E-state index contributed by atoms with van der Waals surface area (Å²) in [5.41, 5.74) is 4.41. The van der Waals surface area contributed by atoms with E-state index in [2.05, 4.69) is 16.0 Å². The summed E-state index contributed by atoms with van der Waals surface area (Å²) in [6, 6.07) is 13.1. The zero-order valence-corrected chi connectivity index (χ0v) is 16.2. The summed E-state index contributed by atoms with van der Waals surface area (Å²) in [6.07, 6.45) is 3.26. The van der Waals surface area contributed by atoms with E-state index < -0.39 is 0 Å². The molecule has 0 amide bonds. The third kappa shape index (κ3) is 3.36. The van der Waals surface area contributed by atoms with E-state index in [0.717, 1.165) is 30.2 Å². The molecule has 5 rings (SSSR count). The van der Waals surface area contributed by atoms with Gasteiger partial charge in [-0.1, -0.05) is 12.1 Å². The van der Waals surface area contributed by atoms with Gasteiger partial charge < -0.3 is 9.40 Å². The van der Waals surface area contributed by atoms with Crippen LogP contribution in [0.1, 0.15) is 28.9 Å². The highest BCUT2D eigenvalue weighted by atomic mass is 16.4. The molecule has 29 heavy (non-hydrogen) atoms. The number of nitrogens with zero attached hydrogens (tertiary/aromatic N) is 2. The van der Waals surface area contributed by atoms with Crippen LogP contribution in [-0.2, 0) is 25.9 Å². The van der Waals surface area contributed by atoms with Crippen LogP contribution in [0.2, 0.25) is 0 Å². The minimum absolute atomic E-state index is 0.139. The molecule has 0 spiro atoms. The minimum Gasteiger partial charge on any atom is -0.423 e. The largest absolute Gasteiger partial charge is 0.423 e. The molecule has 2 aromatic carbocycles. The molecule has 0 fully saturated rings. The van der Waals surface area contributed by atoms with Crippen LogP contribution in [0, 0.1) is 0 Å². The van der Waals surface area contributed by atoms with E-state index in [1.807, 2.05) is 36.2 Å². The fourth-order valence-electron chi connectivity index (χ4n) is 4.24. The molecule has 0 unspecified atom stereocenters. The molecule has 4 aromatic rings. The molecule has 6 nitrogen and oxygen atoms in total. The van der Waals surface area contributed by atoms with Gasteiger partial charge in [0, 0.05) is 18.0 Å². The maximum Gasteiger partial charge on any atom is 0.336 e. The van der Waals surface area contributed by atoms with Crippen LogP contribution in [0.5, 0.6) is 0 Å². The second-order valence-corrected chi connectivity index (χ2v) is 7.76. The van der Waals surface area contributed by atoms with Gasteiger partial charge in [-0.3, -0.25) is 9.69 Å². The lowest BCUT2D eigenvalue weighted by atomic mass is 10.0. The molecule has 0 bridgehead atoms. The van der Waals surface area contributed by atoms with Gasteiger partial charge in [0.05, 0.1) is 17.4 Å². The molecule has 0 saturated heterocycles. The number of H-pyrrole nitrogens is 1. The fourth-order valence-corrected chi connectivity index (χ4v) is 4.24. The second-order valence-electron chi connectivity index (χ2n) is 7.76. The number of hydrogen-bond donors (Lipinski definition) is 1. The first kappa shape index (κ1) is 17.8. The normalized spacial score (nSPS) is 13.4. The Labute approximate surface area is 166 Å². The first-order valence-electron chi connectivity index (χ1n) is 9.82. The van der Waals surface area contributed by atoms with Crippen molar-refractivity contribution in [3.8, 4) is 0 Å². The minimum atomic E-state index is -0.337. The van der Waals surface area contributed by atoms with Crippen molar-refractivity contribution in [1.29, 1.82) is 0 Å². The summed E-state index contributed by atoms with van der Waals surface area (Å²) in [7, 11) is 1.95. The van der Waals surface area contributed by atoms with Crippen LogP contribution in [-0.4, -0.2) is 21.9 Å². The van der Waals surface area contributed by atoms with E-state index in [4.69, 9.17) is 4.42 Å². The monoisotopic (exact) mass is 387 g/mol. The first-order valence-corrected chi connectivity index (χ1v) is 9.82. The van der Waals surface area contributed by atoms with Crippen molar-refractivity contribution in [3.63, 3.8) is 0 Å². The van der Waals surface area contributed by atoms with Gasteiger partial charge in [0.25, 0.3) is 5.56 Å². The van der Waals surface area contributed by atoms with E-state index in [-0.39, 0.29) is 11.2 Å². The van der Waals surface area contributed by atoms with Gasteiger partial charge >= 0.3 is 5.63 Å². The number of fused-ring (bicyclic) bond motifs is 3. The molecular formula is C23H21N3O3. The number of aromatic amines is 1. The Morgan fingerprint density at radius 3 is 2.69 bits per heavy atom. The Kier molecular flexibility index (Phi) is 4.28. The van der Waals surface area contributed by atoms with Crippen molar-refractivity contribution in [2.75, 3.05) is 7.05 Å². The molecule has 0 saturated carbocycles. The topological polar surface area (TPSA) is 79.2 Å². The molecule has 1 aliphatic rings. The summed E-state index contributed by atoms with van der Waals surface area (Å²) < 4.78 is 5.46. The summed E-state index contributed by atoms with van der Waals surface area (Å²) in [5.74, 6) is 0.601. The van der Waals surface area contributed by atoms with Gasteiger partial charge in [-0.2, -0.15) is 0 Å². The molecule has 2 aromatic heterocycles.